The first-order valence-corrected chi connectivity index (χ1v) is 6.54. The van der Waals surface area contributed by atoms with Gasteiger partial charge >= 0.3 is 6.03 Å². The van der Waals surface area contributed by atoms with Crippen molar-refractivity contribution in [3.8, 4) is 0 Å². The lowest BCUT2D eigenvalue weighted by molar-refractivity contribution is 0.255. The van der Waals surface area contributed by atoms with Crippen molar-refractivity contribution in [1.82, 2.24) is 5.32 Å². The SMILES string of the molecule is O=C(NC=C1CCCC1)Nc1ccc(Br)cc1. The number of nitrogens with one attached hydrogen (secondary N) is 2. The predicted molar refractivity (Wildman–Crippen MR) is 72.8 cm³/mol. The Morgan fingerprint density at radius 2 is 1.82 bits per heavy atom. The first-order valence-electron chi connectivity index (χ1n) is 5.75. The third-order valence-electron chi connectivity index (χ3n) is 2.76. The van der Waals surface area contributed by atoms with Gasteiger partial charge in [-0.25, -0.2) is 4.79 Å². The first-order chi connectivity index (χ1) is 8.24. The lowest BCUT2D eigenvalue weighted by Crippen LogP contribution is -2.24. The topological polar surface area (TPSA) is 41.1 Å². The molecule has 0 saturated heterocycles. The second-order valence-corrected chi connectivity index (χ2v) is 5.03. The average Bonchev–Trinajstić information content (AvgIpc) is 2.83. The number of amides is 2. The van der Waals surface area contributed by atoms with Crippen LogP contribution in [0.15, 0.2) is 40.5 Å². The Labute approximate surface area is 109 Å². The van der Waals surface area contributed by atoms with Crippen molar-refractivity contribution >= 4 is 27.6 Å². The summed E-state index contributed by atoms with van der Waals surface area (Å²) < 4.78 is 0.997. The van der Waals surface area contributed by atoms with Crippen LogP contribution in [0.5, 0.6) is 0 Å². The molecule has 1 aliphatic rings. The number of benzene rings is 1. The largest absolute Gasteiger partial charge is 0.323 e. The number of halogens is 1. The molecule has 0 aliphatic heterocycles. The number of urea groups is 1. The highest BCUT2D eigenvalue weighted by molar-refractivity contribution is 9.10. The van der Waals surface area contributed by atoms with Gasteiger partial charge in [-0.1, -0.05) is 21.5 Å². The zero-order valence-electron chi connectivity index (χ0n) is 9.50. The monoisotopic (exact) mass is 294 g/mol. The first kappa shape index (κ1) is 12.2. The van der Waals surface area contributed by atoms with Crippen LogP contribution in [-0.2, 0) is 0 Å². The molecule has 2 amide bonds. The van der Waals surface area contributed by atoms with Crippen LogP contribution in [0.25, 0.3) is 0 Å². The second kappa shape index (κ2) is 5.87. The van der Waals surface area contributed by atoms with E-state index in [1.54, 1.807) is 0 Å². The Morgan fingerprint density at radius 1 is 1.18 bits per heavy atom. The number of carbonyl (C=O) groups is 1. The van der Waals surface area contributed by atoms with Crippen molar-refractivity contribution in [3.05, 3.63) is 40.5 Å². The Kier molecular flexibility index (Phi) is 4.20. The fourth-order valence-corrected chi connectivity index (χ4v) is 2.11. The molecule has 1 aromatic carbocycles. The lowest BCUT2D eigenvalue weighted by atomic mass is 10.2. The van der Waals surface area contributed by atoms with Crippen molar-refractivity contribution in [2.45, 2.75) is 25.7 Å². The van der Waals surface area contributed by atoms with Crippen molar-refractivity contribution in [1.29, 1.82) is 0 Å². The van der Waals surface area contributed by atoms with Crippen molar-refractivity contribution in [3.63, 3.8) is 0 Å². The van der Waals surface area contributed by atoms with Gasteiger partial charge in [-0.2, -0.15) is 0 Å². The molecule has 1 aromatic rings. The van der Waals surface area contributed by atoms with Crippen LogP contribution in [0.2, 0.25) is 0 Å². The van der Waals surface area contributed by atoms with Gasteiger partial charge in [-0.3, -0.25) is 0 Å². The minimum absolute atomic E-state index is 0.188. The van der Waals surface area contributed by atoms with Gasteiger partial charge in [-0.15, -0.1) is 0 Å². The number of hydrogen-bond donors (Lipinski definition) is 2. The molecule has 0 atom stereocenters. The van der Waals surface area contributed by atoms with E-state index in [0.717, 1.165) is 23.0 Å². The molecule has 1 fully saturated rings. The standard InChI is InChI=1S/C13H15BrN2O/c14-11-5-7-12(8-6-11)16-13(17)15-9-10-3-1-2-4-10/h5-9H,1-4H2,(H2,15,16,17). The Balaban J connectivity index is 1.84. The van der Waals surface area contributed by atoms with E-state index in [1.165, 1.54) is 18.4 Å². The van der Waals surface area contributed by atoms with E-state index in [1.807, 2.05) is 30.5 Å². The minimum atomic E-state index is -0.188. The van der Waals surface area contributed by atoms with Gasteiger partial charge in [0.25, 0.3) is 0 Å². The van der Waals surface area contributed by atoms with Crippen LogP contribution in [0, 0.1) is 0 Å². The lowest BCUT2D eigenvalue weighted by Gasteiger charge is -2.05. The highest BCUT2D eigenvalue weighted by Gasteiger charge is 2.06. The maximum Gasteiger partial charge on any atom is 0.323 e. The third kappa shape index (κ3) is 3.89. The summed E-state index contributed by atoms with van der Waals surface area (Å²) >= 11 is 3.35. The molecule has 0 aromatic heterocycles. The summed E-state index contributed by atoms with van der Waals surface area (Å²) in [7, 11) is 0. The minimum Gasteiger partial charge on any atom is -0.314 e. The summed E-state index contributed by atoms with van der Waals surface area (Å²) in [6.45, 7) is 0. The Morgan fingerprint density at radius 3 is 2.47 bits per heavy atom. The van der Waals surface area contributed by atoms with Crippen LogP contribution in [0.4, 0.5) is 10.5 Å². The predicted octanol–water partition coefficient (Wildman–Crippen LogP) is 4.03. The maximum absolute atomic E-state index is 11.6. The molecule has 4 heteroatoms. The van der Waals surface area contributed by atoms with Crippen molar-refractivity contribution in [2.24, 2.45) is 0 Å². The van der Waals surface area contributed by atoms with E-state index in [9.17, 15) is 4.79 Å². The van der Waals surface area contributed by atoms with Crippen molar-refractivity contribution in [2.75, 3.05) is 5.32 Å². The van der Waals surface area contributed by atoms with E-state index in [2.05, 4.69) is 26.6 Å². The average molecular weight is 295 g/mol. The van der Waals surface area contributed by atoms with E-state index in [4.69, 9.17) is 0 Å². The molecule has 0 heterocycles. The summed E-state index contributed by atoms with van der Waals surface area (Å²) in [5, 5.41) is 5.54. The van der Waals surface area contributed by atoms with Gasteiger partial charge < -0.3 is 10.6 Å². The Bertz CT molecular complexity index is 418. The molecular formula is C13H15BrN2O. The molecule has 3 nitrogen and oxygen atoms in total. The van der Waals surface area contributed by atoms with Crippen LogP contribution in [0.1, 0.15) is 25.7 Å². The zero-order valence-corrected chi connectivity index (χ0v) is 11.1. The fraction of sp³-hybridized carbons (Fsp3) is 0.308. The highest BCUT2D eigenvalue weighted by atomic mass is 79.9. The second-order valence-electron chi connectivity index (χ2n) is 4.12. The number of allylic oxidation sites excluding steroid dienone is 1. The molecule has 0 unspecified atom stereocenters. The molecule has 0 radical (unpaired) electrons. The third-order valence-corrected chi connectivity index (χ3v) is 3.28. The summed E-state index contributed by atoms with van der Waals surface area (Å²) in [6.07, 6.45) is 6.53. The van der Waals surface area contributed by atoms with Gasteiger partial charge in [0.2, 0.25) is 0 Å². The molecule has 1 saturated carbocycles. The maximum atomic E-state index is 11.6. The number of carbonyl (C=O) groups excluding carboxylic acids is 1. The number of hydrogen-bond acceptors (Lipinski definition) is 1. The molecule has 1 aliphatic carbocycles. The number of anilines is 1. The van der Waals surface area contributed by atoms with E-state index >= 15 is 0 Å². The molecule has 0 spiro atoms. The van der Waals surface area contributed by atoms with Crippen LogP contribution in [-0.4, -0.2) is 6.03 Å². The summed E-state index contributed by atoms with van der Waals surface area (Å²) in [5.74, 6) is 0. The van der Waals surface area contributed by atoms with Gasteiger partial charge in [0.1, 0.15) is 0 Å². The van der Waals surface area contributed by atoms with Crippen LogP contribution < -0.4 is 10.6 Å². The quantitative estimate of drug-likeness (QED) is 0.849. The zero-order chi connectivity index (χ0) is 12.1. The smallest absolute Gasteiger partial charge is 0.314 e. The van der Waals surface area contributed by atoms with Gasteiger partial charge in [0.05, 0.1) is 0 Å². The molecule has 90 valence electrons. The van der Waals surface area contributed by atoms with Crippen molar-refractivity contribution < 1.29 is 4.79 Å². The highest BCUT2D eigenvalue weighted by Crippen LogP contribution is 2.22. The van der Waals surface area contributed by atoms with E-state index < -0.39 is 0 Å². The molecular weight excluding hydrogens is 280 g/mol. The summed E-state index contributed by atoms with van der Waals surface area (Å²) in [5.41, 5.74) is 2.12. The normalized spacial score (nSPS) is 14.5. The van der Waals surface area contributed by atoms with E-state index in [-0.39, 0.29) is 6.03 Å². The molecule has 0 bridgehead atoms. The van der Waals surface area contributed by atoms with Gasteiger partial charge in [-0.05, 0) is 49.9 Å². The van der Waals surface area contributed by atoms with E-state index in [0.29, 0.717) is 0 Å². The Hall–Kier alpha value is -1.29. The fourth-order valence-electron chi connectivity index (χ4n) is 1.84. The number of rotatable bonds is 2. The molecule has 2 N–H and O–H groups in total. The molecule has 2 rings (SSSR count). The summed E-state index contributed by atoms with van der Waals surface area (Å²) in [6, 6.07) is 7.31. The van der Waals surface area contributed by atoms with Gasteiger partial charge in [0, 0.05) is 16.4 Å². The summed E-state index contributed by atoms with van der Waals surface area (Å²) in [4.78, 5) is 11.6. The van der Waals surface area contributed by atoms with Crippen LogP contribution in [0.3, 0.4) is 0 Å². The van der Waals surface area contributed by atoms with Crippen LogP contribution >= 0.6 is 15.9 Å². The van der Waals surface area contributed by atoms with Gasteiger partial charge in [0.15, 0.2) is 0 Å². The molecule has 17 heavy (non-hydrogen) atoms.